The average Bonchev–Trinajstić information content (AvgIpc) is 2.27. The Balaban J connectivity index is 2.60. The first-order chi connectivity index (χ1) is 7.26. The summed E-state index contributed by atoms with van der Waals surface area (Å²) in [6, 6.07) is 7.41. The van der Waals surface area contributed by atoms with Crippen molar-refractivity contribution in [1.29, 1.82) is 0 Å². The maximum atomic E-state index is 11.0. The van der Waals surface area contributed by atoms with Gasteiger partial charge in [0, 0.05) is 6.08 Å². The first kappa shape index (κ1) is 12.0. The molecule has 15 heavy (non-hydrogen) atoms. The summed E-state index contributed by atoms with van der Waals surface area (Å²) in [5, 5.41) is 0. The van der Waals surface area contributed by atoms with E-state index in [4.69, 9.17) is 9.47 Å². The molecule has 0 bridgehead atoms. The molecule has 4 heteroatoms. The van der Waals surface area contributed by atoms with Crippen molar-refractivity contribution in [2.45, 2.75) is 0 Å². The lowest BCUT2D eigenvalue weighted by Crippen LogP contribution is -1.96. The molecule has 0 aromatic heterocycles. The number of ether oxygens (including phenoxy) is 2. The maximum Gasteiger partial charge on any atom is 0.331 e. The number of hydrogen-bond donors (Lipinski definition) is 0. The molecule has 0 unspecified atom stereocenters. The fourth-order valence-corrected chi connectivity index (χ4v) is 1.29. The van der Waals surface area contributed by atoms with Gasteiger partial charge in [-0.2, -0.15) is 0 Å². The summed E-state index contributed by atoms with van der Waals surface area (Å²) in [6.45, 7) is 0. The van der Waals surface area contributed by atoms with E-state index < -0.39 is 0 Å². The summed E-state index contributed by atoms with van der Waals surface area (Å²) >= 11 is 1.97. The Kier molecular flexibility index (Phi) is 5.17. The van der Waals surface area contributed by atoms with Crippen LogP contribution in [0, 0.1) is 0 Å². The quantitative estimate of drug-likeness (QED) is 0.371. The number of alkyl halides is 1. The molecule has 1 aromatic rings. The molecule has 0 atom stereocenters. The number of carbonyl (C=O) groups excluding carboxylic acids is 1. The van der Waals surface area contributed by atoms with Crippen LogP contribution in [0.15, 0.2) is 30.3 Å². The minimum atomic E-state index is -0.333. The van der Waals surface area contributed by atoms with Gasteiger partial charge in [-0.3, -0.25) is 0 Å². The second-order valence-electron chi connectivity index (χ2n) is 2.68. The molecule has 0 spiro atoms. The van der Waals surface area contributed by atoms with Crippen molar-refractivity contribution in [3.63, 3.8) is 0 Å². The van der Waals surface area contributed by atoms with E-state index in [-0.39, 0.29) is 5.97 Å². The van der Waals surface area contributed by atoms with Gasteiger partial charge < -0.3 is 9.47 Å². The van der Waals surface area contributed by atoms with Crippen LogP contribution in [-0.4, -0.2) is 17.7 Å². The normalized spacial score (nSPS) is 10.3. The van der Waals surface area contributed by atoms with Crippen molar-refractivity contribution < 1.29 is 14.3 Å². The zero-order valence-corrected chi connectivity index (χ0v) is 10.4. The molecule has 0 saturated carbocycles. The number of methoxy groups -OCH3 is 1. The van der Waals surface area contributed by atoms with E-state index in [1.807, 2.05) is 46.9 Å². The molecule has 0 aliphatic carbocycles. The van der Waals surface area contributed by atoms with Crippen LogP contribution in [0.1, 0.15) is 5.56 Å². The summed E-state index contributed by atoms with van der Waals surface area (Å²) in [7, 11) is 1.61. The van der Waals surface area contributed by atoms with Crippen molar-refractivity contribution in [2.24, 2.45) is 0 Å². The van der Waals surface area contributed by atoms with Gasteiger partial charge in [-0.05, 0) is 46.4 Å². The van der Waals surface area contributed by atoms with Crippen LogP contribution in [-0.2, 0) is 9.53 Å². The molecular formula is C11H11IO3. The second kappa shape index (κ2) is 6.44. The predicted molar refractivity (Wildman–Crippen MR) is 67.0 cm³/mol. The smallest absolute Gasteiger partial charge is 0.331 e. The standard InChI is InChI=1S/C11H11IO3/c1-14-10-5-2-9(3-6-10)4-7-11(13)15-8-12/h2-7H,8H2,1H3. The second-order valence-corrected chi connectivity index (χ2v) is 3.30. The fraction of sp³-hybridized carbons (Fsp3) is 0.182. The van der Waals surface area contributed by atoms with E-state index in [9.17, 15) is 4.79 Å². The Morgan fingerprint density at radius 3 is 2.60 bits per heavy atom. The van der Waals surface area contributed by atoms with Crippen LogP contribution >= 0.6 is 22.6 Å². The van der Waals surface area contributed by atoms with Gasteiger partial charge in [-0.15, -0.1) is 0 Å². The van der Waals surface area contributed by atoms with Crippen LogP contribution in [0.5, 0.6) is 5.75 Å². The summed E-state index contributed by atoms with van der Waals surface area (Å²) in [6.07, 6.45) is 3.11. The van der Waals surface area contributed by atoms with Crippen LogP contribution in [0.3, 0.4) is 0 Å². The Hall–Kier alpha value is -1.04. The first-order valence-electron chi connectivity index (χ1n) is 4.31. The van der Waals surface area contributed by atoms with E-state index in [0.29, 0.717) is 4.61 Å². The lowest BCUT2D eigenvalue weighted by molar-refractivity contribution is -0.135. The molecule has 0 N–H and O–H groups in total. The van der Waals surface area contributed by atoms with Crippen LogP contribution in [0.2, 0.25) is 0 Å². The summed E-state index contributed by atoms with van der Waals surface area (Å²) in [5.74, 6) is 0.460. The highest BCUT2D eigenvalue weighted by Gasteiger charge is 1.94. The highest BCUT2D eigenvalue weighted by atomic mass is 127. The molecule has 3 nitrogen and oxygen atoms in total. The average molecular weight is 318 g/mol. The fourth-order valence-electron chi connectivity index (χ4n) is 0.981. The molecule has 0 amide bonds. The van der Waals surface area contributed by atoms with E-state index in [2.05, 4.69) is 0 Å². The molecule has 80 valence electrons. The van der Waals surface area contributed by atoms with Crippen molar-refractivity contribution in [3.05, 3.63) is 35.9 Å². The van der Waals surface area contributed by atoms with E-state index in [0.717, 1.165) is 11.3 Å². The number of rotatable bonds is 4. The number of esters is 1. The van der Waals surface area contributed by atoms with Gasteiger partial charge >= 0.3 is 5.97 Å². The van der Waals surface area contributed by atoms with Crippen LogP contribution in [0.4, 0.5) is 0 Å². The Bertz CT molecular complexity index is 343. The number of carbonyl (C=O) groups is 1. The van der Waals surface area contributed by atoms with Gasteiger partial charge in [0.15, 0.2) is 0 Å². The third kappa shape index (κ3) is 4.33. The molecule has 1 aromatic carbocycles. The SMILES string of the molecule is COc1ccc(C=CC(=O)OCI)cc1. The molecule has 0 aliphatic rings. The topological polar surface area (TPSA) is 35.5 Å². The van der Waals surface area contributed by atoms with Crippen molar-refractivity contribution >= 4 is 34.6 Å². The van der Waals surface area contributed by atoms with Gasteiger partial charge in [0.25, 0.3) is 0 Å². The molecule has 0 radical (unpaired) electrons. The highest BCUT2D eigenvalue weighted by Crippen LogP contribution is 2.12. The number of hydrogen-bond acceptors (Lipinski definition) is 3. The van der Waals surface area contributed by atoms with Gasteiger partial charge in [0.1, 0.15) is 10.4 Å². The van der Waals surface area contributed by atoms with E-state index >= 15 is 0 Å². The molecule has 0 aliphatic heterocycles. The molecule has 1 rings (SSSR count). The van der Waals surface area contributed by atoms with Gasteiger partial charge in [0.05, 0.1) is 7.11 Å². The minimum Gasteiger partial charge on any atom is -0.497 e. The lowest BCUT2D eigenvalue weighted by atomic mass is 10.2. The summed E-state index contributed by atoms with van der Waals surface area (Å²) in [4.78, 5) is 11.0. The van der Waals surface area contributed by atoms with Crippen LogP contribution < -0.4 is 4.74 Å². The largest absolute Gasteiger partial charge is 0.497 e. The van der Waals surface area contributed by atoms with Crippen molar-refractivity contribution in [1.82, 2.24) is 0 Å². The molecule has 0 saturated heterocycles. The summed E-state index contributed by atoms with van der Waals surface area (Å²) in [5.41, 5.74) is 0.932. The zero-order chi connectivity index (χ0) is 11.1. The third-order valence-electron chi connectivity index (χ3n) is 1.72. The van der Waals surface area contributed by atoms with Gasteiger partial charge in [-0.1, -0.05) is 12.1 Å². The van der Waals surface area contributed by atoms with E-state index in [1.54, 1.807) is 13.2 Å². The van der Waals surface area contributed by atoms with Gasteiger partial charge in [0.2, 0.25) is 0 Å². The molecular weight excluding hydrogens is 307 g/mol. The van der Waals surface area contributed by atoms with Crippen molar-refractivity contribution in [2.75, 3.05) is 11.7 Å². The summed E-state index contributed by atoms with van der Waals surface area (Å²) < 4.78 is 10.1. The third-order valence-corrected chi connectivity index (χ3v) is 2.04. The number of halogens is 1. The number of benzene rings is 1. The zero-order valence-electron chi connectivity index (χ0n) is 8.27. The Morgan fingerprint density at radius 2 is 2.07 bits per heavy atom. The molecule has 0 fully saturated rings. The Labute approximate surface area is 102 Å². The Morgan fingerprint density at radius 1 is 1.40 bits per heavy atom. The maximum absolute atomic E-state index is 11.0. The minimum absolute atomic E-state index is 0.333. The van der Waals surface area contributed by atoms with Gasteiger partial charge in [-0.25, -0.2) is 4.79 Å². The molecule has 0 heterocycles. The lowest BCUT2D eigenvalue weighted by Gasteiger charge is -1.99. The monoisotopic (exact) mass is 318 g/mol. The predicted octanol–water partition coefficient (Wildman–Crippen LogP) is 2.64. The highest BCUT2D eigenvalue weighted by molar-refractivity contribution is 14.1. The van der Waals surface area contributed by atoms with Crippen molar-refractivity contribution in [3.8, 4) is 5.75 Å². The van der Waals surface area contributed by atoms with Crippen LogP contribution in [0.25, 0.3) is 6.08 Å². The van der Waals surface area contributed by atoms with E-state index in [1.165, 1.54) is 6.08 Å². The first-order valence-corrected chi connectivity index (χ1v) is 5.83.